The highest BCUT2D eigenvalue weighted by atomic mass is 79.9. The quantitative estimate of drug-likeness (QED) is 0.787. The van der Waals surface area contributed by atoms with Crippen molar-refractivity contribution in [2.75, 3.05) is 25.5 Å². The van der Waals surface area contributed by atoms with Crippen molar-refractivity contribution in [3.8, 4) is 0 Å². The molecular formula is C13H20BrN3S. The van der Waals surface area contributed by atoms with Crippen molar-refractivity contribution in [3.05, 3.63) is 28.2 Å². The zero-order chi connectivity index (χ0) is 13.7. The molecule has 0 radical (unpaired) electrons. The monoisotopic (exact) mass is 329 g/mol. The van der Waals surface area contributed by atoms with Gasteiger partial charge in [-0.25, -0.2) is 0 Å². The molecule has 0 saturated heterocycles. The molecule has 0 saturated carbocycles. The van der Waals surface area contributed by atoms with Crippen LogP contribution in [0.2, 0.25) is 0 Å². The fourth-order valence-electron chi connectivity index (χ4n) is 1.44. The van der Waals surface area contributed by atoms with Crippen LogP contribution in [0.3, 0.4) is 0 Å². The molecule has 0 fully saturated rings. The minimum atomic E-state index is 0.418. The van der Waals surface area contributed by atoms with E-state index in [4.69, 9.17) is 18.0 Å². The number of nitrogens with zero attached hydrogens (tertiary/aromatic N) is 1. The van der Waals surface area contributed by atoms with Crippen molar-refractivity contribution in [3.63, 3.8) is 0 Å². The summed E-state index contributed by atoms with van der Waals surface area (Å²) in [6.45, 7) is 6.28. The van der Waals surface area contributed by atoms with E-state index in [9.17, 15) is 0 Å². The van der Waals surface area contributed by atoms with Gasteiger partial charge in [-0.15, -0.1) is 0 Å². The van der Waals surface area contributed by atoms with Gasteiger partial charge in [-0.1, -0.05) is 12.2 Å². The third-order valence-electron chi connectivity index (χ3n) is 2.92. The number of hydrogen-bond donors (Lipinski definition) is 2. The van der Waals surface area contributed by atoms with Gasteiger partial charge in [-0.3, -0.25) is 0 Å². The molecular weight excluding hydrogens is 310 g/mol. The lowest BCUT2D eigenvalue weighted by atomic mass is 10.2. The first-order chi connectivity index (χ1) is 8.41. The molecule has 0 aliphatic rings. The first-order valence-corrected chi connectivity index (χ1v) is 7.15. The summed E-state index contributed by atoms with van der Waals surface area (Å²) < 4.78 is 0.986. The maximum absolute atomic E-state index is 5.59. The van der Waals surface area contributed by atoms with Gasteiger partial charge in [0.1, 0.15) is 4.99 Å². The number of halogens is 1. The molecule has 100 valence electrons. The predicted octanol–water partition coefficient (Wildman–Crippen LogP) is 2.84. The molecule has 0 aliphatic heterocycles. The summed E-state index contributed by atoms with van der Waals surface area (Å²) in [6, 6.07) is 6.43. The van der Waals surface area contributed by atoms with E-state index < -0.39 is 0 Å². The molecule has 1 rings (SSSR count). The number of hydrogen-bond acceptors (Lipinski definition) is 3. The number of rotatable bonds is 6. The molecule has 5 heteroatoms. The zero-order valence-corrected chi connectivity index (χ0v) is 13.4. The topological polar surface area (TPSA) is 41.3 Å². The van der Waals surface area contributed by atoms with Gasteiger partial charge in [0.05, 0.1) is 0 Å². The summed E-state index contributed by atoms with van der Waals surface area (Å²) in [5.74, 6) is 0. The van der Waals surface area contributed by atoms with Crippen LogP contribution >= 0.6 is 28.1 Å². The van der Waals surface area contributed by atoms with Crippen LogP contribution in [0.4, 0.5) is 5.69 Å². The van der Waals surface area contributed by atoms with Crippen LogP contribution in [-0.4, -0.2) is 36.1 Å². The first kappa shape index (κ1) is 15.4. The molecule has 0 aromatic heterocycles. The Morgan fingerprint density at radius 1 is 1.50 bits per heavy atom. The Morgan fingerprint density at radius 2 is 2.17 bits per heavy atom. The largest absolute Gasteiger partial charge is 0.389 e. The average Bonchev–Trinajstić information content (AvgIpc) is 2.30. The van der Waals surface area contributed by atoms with E-state index in [-0.39, 0.29) is 0 Å². The number of benzene rings is 1. The minimum absolute atomic E-state index is 0.418. The summed E-state index contributed by atoms with van der Waals surface area (Å²) in [5.41, 5.74) is 7.53. The summed E-state index contributed by atoms with van der Waals surface area (Å²) in [7, 11) is 2.12. The molecule has 0 heterocycles. The molecule has 0 atom stereocenters. The van der Waals surface area contributed by atoms with E-state index in [0.717, 1.165) is 28.8 Å². The lowest BCUT2D eigenvalue weighted by molar-refractivity contribution is 0.284. The zero-order valence-electron chi connectivity index (χ0n) is 11.0. The van der Waals surface area contributed by atoms with Gasteiger partial charge >= 0.3 is 0 Å². The van der Waals surface area contributed by atoms with Gasteiger partial charge in [0.2, 0.25) is 0 Å². The van der Waals surface area contributed by atoms with Crippen LogP contribution < -0.4 is 11.1 Å². The van der Waals surface area contributed by atoms with E-state index in [1.54, 1.807) is 0 Å². The number of nitrogens with two attached hydrogens (primary N) is 1. The lowest BCUT2D eigenvalue weighted by Crippen LogP contribution is -2.31. The van der Waals surface area contributed by atoms with Gasteiger partial charge in [0.15, 0.2) is 0 Å². The van der Waals surface area contributed by atoms with E-state index in [1.807, 2.05) is 18.2 Å². The summed E-state index contributed by atoms with van der Waals surface area (Å²) in [4.78, 5) is 2.71. The van der Waals surface area contributed by atoms with Crippen molar-refractivity contribution >= 4 is 38.8 Å². The minimum Gasteiger partial charge on any atom is -0.389 e. The molecule has 0 bridgehead atoms. The molecule has 18 heavy (non-hydrogen) atoms. The Bertz CT molecular complexity index is 421. The first-order valence-electron chi connectivity index (χ1n) is 5.95. The lowest BCUT2D eigenvalue weighted by Gasteiger charge is -2.21. The molecule has 3 N–H and O–H groups in total. The van der Waals surface area contributed by atoms with Crippen LogP contribution in [0, 0.1) is 0 Å². The molecule has 0 aliphatic carbocycles. The van der Waals surface area contributed by atoms with E-state index in [0.29, 0.717) is 11.0 Å². The van der Waals surface area contributed by atoms with Crippen molar-refractivity contribution in [2.45, 2.75) is 19.9 Å². The molecule has 1 aromatic rings. The molecule has 1 aromatic carbocycles. The highest BCUT2D eigenvalue weighted by molar-refractivity contribution is 9.10. The van der Waals surface area contributed by atoms with Crippen LogP contribution in [-0.2, 0) is 0 Å². The molecule has 0 spiro atoms. The second-order valence-corrected chi connectivity index (χ2v) is 5.85. The fraction of sp³-hybridized carbons (Fsp3) is 0.462. The standard InChI is InChI=1S/C13H20BrN3S/c1-9(2)17(3)7-6-16-12-5-4-10(13(15)18)8-11(12)14/h4-5,8-9,16H,6-7H2,1-3H3,(H2,15,18). The average molecular weight is 330 g/mol. The summed E-state index contributed by atoms with van der Waals surface area (Å²) in [5, 5.41) is 3.39. The highest BCUT2D eigenvalue weighted by Gasteiger charge is 2.05. The maximum Gasteiger partial charge on any atom is 0.104 e. The second kappa shape index (κ2) is 7.07. The molecule has 0 unspecified atom stereocenters. The third-order valence-corrected chi connectivity index (χ3v) is 3.81. The van der Waals surface area contributed by atoms with Crippen molar-refractivity contribution in [2.24, 2.45) is 5.73 Å². The summed E-state index contributed by atoms with van der Waals surface area (Å²) in [6.07, 6.45) is 0. The van der Waals surface area contributed by atoms with Crippen molar-refractivity contribution < 1.29 is 0 Å². The van der Waals surface area contributed by atoms with Crippen molar-refractivity contribution in [1.82, 2.24) is 4.90 Å². The second-order valence-electron chi connectivity index (χ2n) is 4.56. The smallest absolute Gasteiger partial charge is 0.104 e. The number of likely N-dealkylation sites (N-methyl/N-ethyl adjacent to an activating group) is 1. The Kier molecular flexibility index (Phi) is 6.05. The maximum atomic E-state index is 5.59. The van der Waals surface area contributed by atoms with Gasteiger partial charge < -0.3 is 16.0 Å². The van der Waals surface area contributed by atoms with Gasteiger partial charge in [-0.05, 0) is 55.0 Å². The van der Waals surface area contributed by atoms with Crippen LogP contribution in [0.15, 0.2) is 22.7 Å². The predicted molar refractivity (Wildman–Crippen MR) is 86.3 cm³/mol. The Labute approximate surface area is 123 Å². The van der Waals surface area contributed by atoms with E-state index in [2.05, 4.69) is 47.0 Å². The van der Waals surface area contributed by atoms with Crippen molar-refractivity contribution in [1.29, 1.82) is 0 Å². The van der Waals surface area contributed by atoms with E-state index >= 15 is 0 Å². The SMILES string of the molecule is CC(C)N(C)CCNc1ccc(C(N)=S)cc1Br. The van der Waals surface area contributed by atoms with Gasteiger partial charge in [0.25, 0.3) is 0 Å². The Balaban J connectivity index is 2.56. The van der Waals surface area contributed by atoms with Crippen LogP contribution in [0.25, 0.3) is 0 Å². The third kappa shape index (κ3) is 4.55. The molecule has 0 amide bonds. The highest BCUT2D eigenvalue weighted by Crippen LogP contribution is 2.23. The van der Waals surface area contributed by atoms with Crippen LogP contribution in [0.5, 0.6) is 0 Å². The Hall–Kier alpha value is -0.650. The number of nitrogens with one attached hydrogen (secondary N) is 1. The van der Waals surface area contributed by atoms with Gasteiger partial charge in [0, 0.05) is 34.9 Å². The summed E-state index contributed by atoms with van der Waals surface area (Å²) >= 11 is 8.47. The Morgan fingerprint density at radius 3 is 2.67 bits per heavy atom. The number of anilines is 1. The molecule has 3 nitrogen and oxygen atoms in total. The van der Waals surface area contributed by atoms with Gasteiger partial charge in [-0.2, -0.15) is 0 Å². The fourth-order valence-corrected chi connectivity index (χ4v) is 2.08. The number of thiocarbonyl (C=S) groups is 1. The van der Waals surface area contributed by atoms with Crippen LogP contribution in [0.1, 0.15) is 19.4 Å². The van der Waals surface area contributed by atoms with E-state index in [1.165, 1.54) is 0 Å². The normalized spacial score (nSPS) is 11.0.